The van der Waals surface area contributed by atoms with Gasteiger partial charge in [-0.15, -0.1) is 5.10 Å². The lowest BCUT2D eigenvalue weighted by Gasteiger charge is -2.34. The number of nitrogens with zero attached hydrogens (tertiary/aromatic N) is 5. The Morgan fingerprint density at radius 3 is 2.65 bits per heavy atom. The minimum Gasteiger partial charge on any atom is -0.370 e. The Bertz CT molecular complexity index is 839. The molecule has 1 fully saturated rings. The molecule has 0 spiro atoms. The number of anilines is 3. The first-order chi connectivity index (χ1) is 12.5. The Balaban J connectivity index is 1.78. The molecular formula is C18H24N8. The van der Waals surface area contributed by atoms with Crippen LogP contribution < -0.4 is 16.4 Å². The molecule has 0 unspecified atom stereocenters. The zero-order valence-electron chi connectivity index (χ0n) is 14.9. The summed E-state index contributed by atoms with van der Waals surface area (Å²) in [6, 6.07) is 7.81. The van der Waals surface area contributed by atoms with Crippen molar-refractivity contribution in [1.29, 1.82) is 10.7 Å². The van der Waals surface area contributed by atoms with Crippen molar-refractivity contribution in [2.75, 3.05) is 29.5 Å². The standard InChI is InChI=1S/C18H24N8/c1-2-3-15(20)12-6-8-25(9-7-12)16-5-4-14(10-13(16)11-19)26-18(22)23-17(21)24-26/h4-5,10,12,20H,2-3,6-9H2,1H3,(H4,21,22,23,24). The molecule has 2 heterocycles. The van der Waals surface area contributed by atoms with Gasteiger partial charge in [0.25, 0.3) is 0 Å². The van der Waals surface area contributed by atoms with E-state index in [0.717, 1.165) is 50.2 Å². The van der Waals surface area contributed by atoms with E-state index < -0.39 is 0 Å². The molecule has 26 heavy (non-hydrogen) atoms. The second-order valence-corrected chi connectivity index (χ2v) is 6.59. The van der Waals surface area contributed by atoms with E-state index >= 15 is 0 Å². The molecule has 1 aliphatic rings. The highest BCUT2D eigenvalue weighted by Gasteiger charge is 2.24. The highest BCUT2D eigenvalue weighted by Crippen LogP contribution is 2.29. The molecule has 1 aromatic heterocycles. The van der Waals surface area contributed by atoms with Gasteiger partial charge in [-0.25, -0.2) is 0 Å². The average Bonchev–Trinajstić information content (AvgIpc) is 2.99. The molecular weight excluding hydrogens is 328 g/mol. The number of nitrogens with two attached hydrogens (primary N) is 2. The third kappa shape index (κ3) is 3.47. The Labute approximate surface area is 152 Å². The van der Waals surface area contributed by atoms with Crippen molar-refractivity contribution in [3.05, 3.63) is 23.8 Å². The van der Waals surface area contributed by atoms with Crippen LogP contribution in [0.4, 0.5) is 17.6 Å². The van der Waals surface area contributed by atoms with Crippen molar-refractivity contribution in [1.82, 2.24) is 14.8 Å². The van der Waals surface area contributed by atoms with Crippen molar-refractivity contribution < 1.29 is 0 Å². The second-order valence-electron chi connectivity index (χ2n) is 6.59. The number of aromatic nitrogens is 3. The number of hydrogen-bond acceptors (Lipinski definition) is 7. The molecule has 1 aromatic carbocycles. The van der Waals surface area contributed by atoms with Crippen LogP contribution in [0.5, 0.6) is 0 Å². The number of hydrogen-bond donors (Lipinski definition) is 3. The Hall–Kier alpha value is -3.08. The van der Waals surface area contributed by atoms with E-state index in [1.807, 2.05) is 12.1 Å². The van der Waals surface area contributed by atoms with E-state index in [-0.39, 0.29) is 11.9 Å². The third-order valence-electron chi connectivity index (χ3n) is 4.84. The molecule has 1 aliphatic heterocycles. The van der Waals surface area contributed by atoms with Crippen molar-refractivity contribution in [2.45, 2.75) is 32.6 Å². The van der Waals surface area contributed by atoms with Crippen LogP contribution in [0.2, 0.25) is 0 Å². The van der Waals surface area contributed by atoms with E-state index in [9.17, 15) is 5.26 Å². The lowest BCUT2D eigenvalue weighted by atomic mass is 9.89. The molecule has 0 radical (unpaired) electrons. The molecule has 8 heteroatoms. The number of rotatable bonds is 5. The maximum Gasteiger partial charge on any atom is 0.241 e. The summed E-state index contributed by atoms with van der Waals surface area (Å²) in [6.45, 7) is 3.81. The highest BCUT2D eigenvalue weighted by molar-refractivity contribution is 5.84. The molecule has 3 rings (SSSR count). The lowest BCUT2D eigenvalue weighted by Crippen LogP contribution is -2.36. The molecule has 2 aromatic rings. The molecule has 0 amide bonds. The first kappa shape index (κ1) is 17.7. The van der Waals surface area contributed by atoms with E-state index in [0.29, 0.717) is 17.2 Å². The molecule has 5 N–H and O–H groups in total. The van der Waals surface area contributed by atoms with Crippen molar-refractivity contribution in [3.63, 3.8) is 0 Å². The maximum atomic E-state index is 9.59. The Morgan fingerprint density at radius 1 is 1.35 bits per heavy atom. The molecule has 0 bridgehead atoms. The van der Waals surface area contributed by atoms with Crippen molar-refractivity contribution in [3.8, 4) is 11.8 Å². The van der Waals surface area contributed by atoms with Gasteiger partial charge >= 0.3 is 0 Å². The summed E-state index contributed by atoms with van der Waals surface area (Å²) < 4.78 is 1.43. The van der Waals surface area contributed by atoms with Gasteiger partial charge in [0.2, 0.25) is 11.9 Å². The van der Waals surface area contributed by atoms with Crippen LogP contribution in [0.25, 0.3) is 5.69 Å². The number of benzene rings is 1. The fraction of sp³-hybridized carbons (Fsp3) is 0.444. The van der Waals surface area contributed by atoms with E-state index in [1.54, 1.807) is 6.07 Å². The van der Waals surface area contributed by atoms with E-state index in [1.165, 1.54) is 4.68 Å². The predicted octanol–water partition coefficient (Wildman–Crippen LogP) is 2.34. The monoisotopic (exact) mass is 352 g/mol. The van der Waals surface area contributed by atoms with Gasteiger partial charge in [0, 0.05) is 18.8 Å². The van der Waals surface area contributed by atoms with Crippen LogP contribution in [0.15, 0.2) is 18.2 Å². The molecule has 0 atom stereocenters. The van der Waals surface area contributed by atoms with Crippen LogP contribution in [0.3, 0.4) is 0 Å². The fourth-order valence-corrected chi connectivity index (χ4v) is 3.49. The number of nitriles is 1. The molecule has 0 aliphatic carbocycles. The van der Waals surface area contributed by atoms with Crippen LogP contribution >= 0.6 is 0 Å². The molecule has 1 saturated heterocycles. The van der Waals surface area contributed by atoms with Gasteiger partial charge < -0.3 is 21.8 Å². The predicted molar refractivity (Wildman–Crippen MR) is 102 cm³/mol. The third-order valence-corrected chi connectivity index (χ3v) is 4.84. The van der Waals surface area contributed by atoms with Crippen molar-refractivity contribution in [2.24, 2.45) is 5.92 Å². The quantitative estimate of drug-likeness (QED) is 0.707. The normalized spacial score (nSPS) is 15.0. The van der Waals surface area contributed by atoms with Crippen LogP contribution in [0, 0.1) is 22.7 Å². The lowest BCUT2D eigenvalue weighted by molar-refractivity contribution is 0.494. The number of nitrogens with one attached hydrogen (secondary N) is 1. The van der Waals surface area contributed by atoms with E-state index in [2.05, 4.69) is 28.0 Å². The zero-order chi connectivity index (χ0) is 18.7. The summed E-state index contributed by atoms with van der Waals surface area (Å²) in [4.78, 5) is 6.11. The largest absolute Gasteiger partial charge is 0.370 e. The second kappa shape index (κ2) is 7.44. The minimum atomic E-state index is 0.0988. The molecule has 8 nitrogen and oxygen atoms in total. The van der Waals surface area contributed by atoms with Gasteiger partial charge in [-0.05, 0) is 43.4 Å². The Kier molecular flexibility index (Phi) is 5.07. The minimum absolute atomic E-state index is 0.0988. The maximum absolute atomic E-state index is 9.59. The van der Waals surface area contributed by atoms with Crippen LogP contribution in [-0.2, 0) is 0 Å². The summed E-state index contributed by atoms with van der Waals surface area (Å²) in [6.07, 6.45) is 3.82. The summed E-state index contributed by atoms with van der Waals surface area (Å²) in [5.41, 5.74) is 14.4. The van der Waals surface area contributed by atoms with Gasteiger partial charge in [-0.3, -0.25) is 0 Å². The zero-order valence-corrected chi connectivity index (χ0v) is 14.9. The van der Waals surface area contributed by atoms with Crippen molar-refractivity contribution >= 4 is 23.3 Å². The molecule has 136 valence electrons. The van der Waals surface area contributed by atoms with Gasteiger partial charge in [0.05, 0.1) is 16.9 Å². The van der Waals surface area contributed by atoms with Gasteiger partial charge in [-0.1, -0.05) is 13.3 Å². The molecule has 0 saturated carbocycles. The van der Waals surface area contributed by atoms with Crippen LogP contribution in [-0.4, -0.2) is 33.6 Å². The summed E-state index contributed by atoms with van der Waals surface area (Å²) in [5.74, 6) is 0.657. The topological polar surface area (TPSA) is 134 Å². The smallest absolute Gasteiger partial charge is 0.241 e. The fourth-order valence-electron chi connectivity index (χ4n) is 3.49. The number of piperidine rings is 1. The summed E-state index contributed by atoms with van der Waals surface area (Å²) in [5, 5.41) is 21.8. The van der Waals surface area contributed by atoms with Crippen LogP contribution in [0.1, 0.15) is 38.2 Å². The van der Waals surface area contributed by atoms with Gasteiger partial charge in [-0.2, -0.15) is 14.9 Å². The summed E-state index contributed by atoms with van der Waals surface area (Å²) in [7, 11) is 0. The average molecular weight is 352 g/mol. The van der Waals surface area contributed by atoms with E-state index in [4.69, 9.17) is 16.9 Å². The first-order valence-corrected chi connectivity index (χ1v) is 8.88. The number of nitrogen functional groups attached to an aromatic ring is 2. The van der Waals surface area contributed by atoms with Gasteiger partial charge in [0.15, 0.2) is 0 Å². The van der Waals surface area contributed by atoms with Gasteiger partial charge in [0.1, 0.15) is 6.07 Å². The summed E-state index contributed by atoms with van der Waals surface area (Å²) >= 11 is 0. The Morgan fingerprint density at radius 2 is 2.08 bits per heavy atom. The SMILES string of the molecule is CCCC(=N)C1CCN(c2ccc(-n3nc(N)nc3N)cc2C#N)CC1. The highest BCUT2D eigenvalue weighted by atomic mass is 15.4. The first-order valence-electron chi connectivity index (χ1n) is 8.88.